The highest BCUT2D eigenvalue weighted by molar-refractivity contribution is 5.82. The maximum atomic E-state index is 12.0. The Labute approximate surface area is 111 Å². The van der Waals surface area contributed by atoms with Crippen LogP contribution in [0.5, 0.6) is 0 Å². The maximum absolute atomic E-state index is 12.0. The second-order valence-corrected chi connectivity index (χ2v) is 6.74. The van der Waals surface area contributed by atoms with E-state index in [1.165, 1.54) is 57.9 Å². The minimum atomic E-state index is 0.393. The van der Waals surface area contributed by atoms with Crippen molar-refractivity contribution in [2.24, 2.45) is 11.8 Å². The monoisotopic (exact) mass is 249 g/mol. The largest absolute Gasteiger partial charge is 0.299 e. The number of nitrogens with zero attached hydrogens (tertiary/aromatic N) is 1. The summed E-state index contributed by atoms with van der Waals surface area (Å²) in [5.41, 5.74) is 0. The molecule has 1 saturated carbocycles. The van der Waals surface area contributed by atoms with Gasteiger partial charge in [-0.15, -0.1) is 0 Å². The summed E-state index contributed by atoms with van der Waals surface area (Å²) in [6.07, 6.45) is 13.2. The molecule has 0 aromatic carbocycles. The van der Waals surface area contributed by atoms with Crippen molar-refractivity contribution in [3.63, 3.8) is 0 Å². The van der Waals surface area contributed by atoms with Crippen molar-refractivity contribution in [2.75, 3.05) is 13.1 Å². The number of fused-ring (bicyclic) bond motifs is 2. The van der Waals surface area contributed by atoms with Crippen LogP contribution in [0.25, 0.3) is 0 Å². The summed E-state index contributed by atoms with van der Waals surface area (Å²) in [4.78, 5) is 14.7. The third-order valence-electron chi connectivity index (χ3n) is 5.49. The Morgan fingerprint density at radius 1 is 1.00 bits per heavy atom. The van der Waals surface area contributed by atoms with Gasteiger partial charge in [-0.2, -0.15) is 0 Å². The van der Waals surface area contributed by atoms with E-state index >= 15 is 0 Å². The predicted molar refractivity (Wildman–Crippen MR) is 73.5 cm³/mol. The smallest absolute Gasteiger partial charge is 0.138 e. The first-order valence-corrected chi connectivity index (χ1v) is 8.09. The van der Waals surface area contributed by atoms with E-state index in [0.29, 0.717) is 17.7 Å². The van der Waals surface area contributed by atoms with Gasteiger partial charge in [-0.1, -0.05) is 32.1 Å². The zero-order valence-corrected chi connectivity index (χ0v) is 11.6. The highest BCUT2D eigenvalue weighted by atomic mass is 16.1. The molecule has 18 heavy (non-hydrogen) atoms. The third-order valence-corrected chi connectivity index (χ3v) is 5.49. The molecule has 0 aromatic rings. The Balaban J connectivity index is 1.50. The Morgan fingerprint density at radius 3 is 2.67 bits per heavy atom. The van der Waals surface area contributed by atoms with Gasteiger partial charge in [0.15, 0.2) is 0 Å². The maximum Gasteiger partial charge on any atom is 0.138 e. The Morgan fingerprint density at radius 2 is 1.83 bits per heavy atom. The van der Waals surface area contributed by atoms with Crippen molar-refractivity contribution in [1.29, 1.82) is 0 Å². The Hall–Kier alpha value is -0.370. The molecule has 0 N–H and O–H groups in total. The van der Waals surface area contributed by atoms with E-state index in [9.17, 15) is 4.79 Å². The minimum Gasteiger partial charge on any atom is -0.299 e. The number of hydrogen-bond donors (Lipinski definition) is 0. The summed E-state index contributed by atoms with van der Waals surface area (Å²) in [5.74, 6) is 1.93. The summed E-state index contributed by atoms with van der Waals surface area (Å²) in [7, 11) is 0. The van der Waals surface area contributed by atoms with Crippen LogP contribution in [0.3, 0.4) is 0 Å². The van der Waals surface area contributed by atoms with Crippen molar-refractivity contribution < 1.29 is 4.79 Å². The van der Waals surface area contributed by atoms with Gasteiger partial charge in [0.25, 0.3) is 0 Å². The van der Waals surface area contributed by atoms with Gasteiger partial charge in [0.05, 0.1) is 0 Å². The van der Waals surface area contributed by atoms with E-state index in [0.717, 1.165) is 25.3 Å². The molecule has 0 amide bonds. The first-order valence-electron chi connectivity index (χ1n) is 8.09. The lowest BCUT2D eigenvalue weighted by Gasteiger charge is -2.43. The second kappa shape index (κ2) is 5.73. The van der Waals surface area contributed by atoms with Crippen LogP contribution < -0.4 is 0 Å². The summed E-state index contributed by atoms with van der Waals surface area (Å²) < 4.78 is 0. The molecule has 3 fully saturated rings. The van der Waals surface area contributed by atoms with Crippen molar-refractivity contribution in [3.05, 3.63) is 0 Å². The molecule has 3 rings (SSSR count). The van der Waals surface area contributed by atoms with Gasteiger partial charge in [-0.3, -0.25) is 9.69 Å². The molecule has 2 heteroatoms. The molecule has 2 nitrogen and oxygen atoms in total. The molecule has 0 radical (unpaired) electrons. The molecule has 1 aliphatic carbocycles. The van der Waals surface area contributed by atoms with Crippen molar-refractivity contribution >= 4 is 5.78 Å². The van der Waals surface area contributed by atoms with Gasteiger partial charge >= 0.3 is 0 Å². The molecule has 2 heterocycles. The van der Waals surface area contributed by atoms with E-state index in [2.05, 4.69) is 4.90 Å². The number of piperidine rings is 2. The highest BCUT2D eigenvalue weighted by Gasteiger charge is 2.36. The zero-order valence-electron chi connectivity index (χ0n) is 11.6. The second-order valence-electron chi connectivity index (χ2n) is 6.74. The van der Waals surface area contributed by atoms with E-state index < -0.39 is 0 Å². The zero-order chi connectivity index (χ0) is 12.4. The van der Waals surface area contributed by atoms with Crippen LogP contribution in [-0.2, 0) is 4.79 Å². The van der Waals surface area contributed by atoms with E-state index in [1.54, 1.807) is 0 Å². The lowest BCUT2D eigenvalue weighted by molar-refractivity contribution is -0.130. The molecule has 2 aliphatic heterocycles. The molecule has 2 saturated heterocycles. The molecular formula is C16H27NO. The molecule has 102 valence electrons. The lowest BCUT2D eigenvalue weighted by Crippen LogP contribution is -2.51. The molecular weight excluding hydrogens is 222 g/mol. The normalized spacial score (nSPS) is 37.8. The summed E-state index contributed by atoms with van der Waals surface area (Å²) in [6, 6.07) is 0.593. The first-order chi connectivity index (χ1) is 8.83. The van der Waals surface area contributed by atoms with E-state index in [-0.39, 0.29) is 0 Å². The fraction of sp³-hybridized carbons (Fsp3) is 0.938. The summed E-state index contributed by atoms with van der Waals surface area (Å²) in [5, 5.41) is 0. The van der Waals surface area contributed by atoms with E-state index in [1.807, 2.05) is 0 Å². The number of ketones is 1. The molecule has 3 atom stereocenters. The molecule has 0 aromatic heterocycles. The van der Waals surface area contributed by atoms with Gasteiger partial charge in [-0.25, -0.2) is 0 Å². The van der Waals surface area contributed by atoms with E-state index in [4.69, 9.17) is 0 Å². The summed E-state index contributed by atoms with van der Waals surface area (Å²) in [6.45, 7) is 2.33. The molecule has 3 unspecified atom stereocenters. The number of hydrogen-bond acceptors (Lipinski definition) is 2. The average Bonchev–Trinajstić information content (AvgIpc) is 2.43. The number of carbonyl (C=O) groups excluding carboxylic acids is 1. The topological polar surface area (TPSA) is 20.3 Å². The Kier molecular flexibility index (Phi) is 4.03. The summed E-state index contributed by atoms with van der Waals surface area (Å²) >= 11 is 0. The van der Waals surface area contributed by atoms with Crippen molar-refractivity contribution in [2.45, 2.75) is 70.3 Å². The van der Waals surface area contributed by atoms with Gasteiger partial charge in [0, 0.05) is 24.9 Å². The van der Waals surface area contributed by atoms with Crippen LogP contribution >= 0.6 is 0 Å². The van der Waals surface area contributed by atoms with Crippen LogP contribution in [0.4, 0.5) is 0 Å². The van der Waals surface area contributed by atoms with Gasteiger partial charge < -0.3 is 0 Å². The minimum absolute atomic E-state index is 0.393. The van der Waals surface area contributed by atoms with Crippen molar-refractivity contribution in [3.8, 4) is 0 Å². The number of carbonyl (C=O) groups is 1. The lowest BCUT2D eigenvalue weighted by atomic mass is 9.80. The first kappa shape index (κ1) is 12.7. The van der Waals surface area contributed by atoms with Crippen molar-refractivity contribution in [1.82, 2.24) is 4.90 Å². The van der Waals surface area contributed by atoms with Crippen LogP contribution in [0.15, 0.2) is 0 Å². The molecule has 0 spiro atoms. The standard InChI is InChI=1S/C16H27NO/c18-16-11-15(17-10-4-7-14(16)12-17)9-8-13-5-2-1-3-6-13/h13-15H,1-12H2. The molecule has 3 aliphatic rings. The van der Waals surface area contributed by atoms with Crippen LogP contribution in [0.1, 0.15) is 64.2 Å². The van der Waals surface area contributed by atoms with Crippen LogP contribution in [-0.4, -0.2) is 29.8 Å². The Bertz CT molecular complexity index is 295. The fourth-order valence-electron chi connectivity index (χ4n) is 4.32. The molecule has 2 bridgehead atoms. The van der Waals surface area contributed by atoms with Gasteiger partial charge in [0.1, 0.15) is 5.78 Å². The van der Waals surface area contributed by atoms with Gasteiger partial charge in [0.2, 0.25) is 0 Å². The van der Waals surface area contributed by atoms with Crippen LogP contribution in [0.2, 0.25) is 0 Å². The SMILES string of the molecule is O=C1CC(CCC2CCCCC2)N2CCCC1C2. The fourth-order valence-corrected chi connectivity index (χ4v) is 4.32. The number of rotatable bonds is 3. The van der Waals surface area contributed by atoms with Crippen LogP contribution in [0, 0.1) is 11.8 Å². The highest BCUT2D eigenvalue weighted by Crippen LogP contribution is 2.33. The average molecular weight is 249 g/mol. The predicted octanol–water partition coefficient (Wildman–Crippen LogP) is 3.40. The quantitative estimate of drug-likeness (QED) is 0.764. The third kappa shape index (κ3) is 2.79. The number of Topliss-reactive ketones (excluding diaryl/α,β-unsaturated/α-hetero) is 1. The van der Waals surface area contributed by atoms with Gasteiger partial charge in [-0.05, 0) is 38.1 Å².